The average molecular weight is 184 g/mol. The fraction of sp³-hybridized carbons (Fsp3) is 0.909. The molecule has 13 heavy (non-hydrogen) atoms. The highest BCUT2D eigenvalue weighted by Crippen LogP contribution is 2.26. The van der Waals surface area contributed by atoms with Gasteiger partial charge in [0.05, 0.1) is 6.10 Å². The van der Waals surface area contributed by atoms with Crippen LogP contribution in [0.25, 0.3) is 0 Å². The molecule has 2 nitrogen and oxygen atoms in total. The number of Topliss-reactive ketones (excluding diaryl/α,β-unsaturated/α-hetero) is 1. The van der Waals surface area contributed by atoms with Gasteiger partial charge in [0.15, 0.2) is 0 Å². The molecule has 2 unspecified atom stereocenters. The van der Waals surface area contributed by atoms with Crippen LogP contribution in [0, 0.1) is 5.92 Å². The summed E-state index contributed by atoms with van der Waals surface area (Å²) in [5.41, 5.74) is 0. The fourth-order valence-corrected chi connectivity index (χ4v) is 2.04. The zero-order chi connectivity index (χ0) is 9.68. The van der Waals surface area contributed by atoms with Crippen molar-refractivity contribution < 1.29 is 9.90 Å². The van der Waals surface area contributed by atoms with Gasteiger partial charge in [-0.2, -0.15) is 0 Å². The molecule has 76 valence electrons. The summed E-state index contributed by atoms with van der Waals surface area (Å²) in [4.78, 5) is 11.3. The van der Waals surface area contributed by atoms with Gasteiger partial charge in [0.25, 0.3) is 0 Å². The molecule has 1 N–H and O–H groups in total. The van der Waals surface area contributed by atoms with E-state index in [1.54, 1.807) is 0 Å². The predicted molar refractivity (Wildman–Crippen MR) is 52.5 cm³/mol. The van der Waals surface area contributed by atoms with Crippen LogP contribution >= 0.6 is 0 Å². The van der Waals surface area contributed by atoms with Crippen LogP contribution in [0.5, 0.6) is 0 Å². The van der Waals surface area contributed by atoms with Crippen LogP contribution in [0.4, 0.5) is 0 Å². The molecular formula is C11H20O2. The molecular weight excluding hydrogens is 164 g/mol. The zero-order valence-electron chi connectivity index (χ0n) is 8.46. The summed E-state index contributed by atoms with van der Waals surface area (Å²) in [5.74, 6) is 0.251. The Kier molecular flexibility index (Phi) is 4.43. The molecule has 1 aliphatic carbocycles. The lowest BCUT2D eigenvalue weighted by molar-refractivity contribution is -0.122. The minimum atomic E-state index is -0.339. The average Bonchev–Trinajstić information content (AvgIpc) is 2.42. The standard InChI is InChI=1S/C11H20O2/c1-2-3-4-5-6-9-10(12)7-8-11(9)13/h9-10,12H,2-8H2,1H3. The van der Waals surface area contributed by atoms with Gasteiger partial charge in [-0.3, -0.25) is 4.79 Å². The number of ketones is 1. The van der Waals surface area contributed by atoms with Gasteiger partial charge in [0.2, 0.25) is 0 Å². The molecule has 0 heterocycles. The topological polar surface area (TPSA) is 37.3 Å². The van der Waals surface area contributed by atoms with E-state index in [-0.39, 0.29) is 17.8 Å². The van der Waals surface area contributed by atoms with Crippen molar-refractivity contribution >= 4 is 5.78 Å². The normalized spacial score (nSPS) is 28.3. The van der Waals surface area contributed by atoms with Crippen LogP contribution in [-0.2, 0) is 4.79 Å². The van der Waals surface area contributed by atoms with E-state index >= 15 is 0 Å². The third kappa shape index (κ3) is 3.11. The number of rotatable bonds is 5. The van der Waals surface area contributed by atoms with Gasteiger partial charge in [-0.1, -0.05) is 32.6 Å². The first-order valence-corrected chi connectivity index (χ1v) is 5.46. The second-order valence-electron chi connectivity index (χ2n) is 4.03. The molecule has 1 aliphatic rings. The Morgan fingerprint density at radius 1 is 1.38 bits per heavy atom. The van der Waals surface area contributed by atoms with E-state index in [4.69, 9.17) is 0 Å². The number of hydrogen-bond donors (Lipinski definition) is 1. The minimum Gasteiger partial charge on any atom is -0.392 e. The second-order valence-corrected chi connectivity index (χ2v) is 4.03. The van der Waals surface area contributed by atoms with Gasteiger partial charge in [-0.05, 0) is 12.8 Å². The van der Waals surface area contributed by atoms with Crippen LogP contribution in [0.3, 0.4) is 0 Å². The molecule has 1 fully saturated rings. The summed E-state index contributed by atoms with van der Waals surface area (Å²) >= 11 is 0. The molecule has 0 saturated heterocycles. The molecule has 1 rings (SSSR count). The third-order valence-electron chi connectivity index (χ3n) is 2.93. The first-order chi connectivity index (χ1) is 6.25. The Morgan fingerprint density at radius 2 is 2.15 bits per heavy atom. The molecule has 0 amide bonds. The van der Waals surface area contributed by atoms with E-state index in [0.717, 1.165) is 12.8 Å². The second kappa shape index (κ2) is 5.38. The maximum absolute atomic E-state index is 11.3. The van der Waals surface area contributed by atoms with E-state index in [1.165, 1.54) is 19.3 Å². The maximum Gasteiger partial charge on any atom is 0.138 e. The number of aliphatic hydroxyl groups excluding tert-OH is 1. The Bertz CT molecular complexity index is 165. The Morgan fingerprint density at radius 3 is 2.69 bits per heavy atom. The van der Waals surface area contributed by atoms with Gasteiger partial charge in [-0.25, -0.2) is 0 Å². The van der Waals surface area contributed by atoms with Crippen molar-refractivity contribution in [3.63, 3.8) is 0 Å². The van der Waals surface area contributed by atoms with E-state index in [9.17, 15) is 9.90 Å². The van der Waals surface area contributed by atoms with Gasteiger partial charge >= 0.3 is 0 Å². The molecule has 2 atom stereocenters. The van der Waals surface area contributed by atoms with Crippen molar-refractivity contribution in [1.29, 1.82) is 0 Å². The molecule has 2 heteroatoms. The number of carbonyl (C=O) groups is 1. The molecule has 0 aromatic carbocycles. The molecule has 0 bridgehead atoms. The van der Waals surface area contributed by atoms with E-state index in [1.807, 2.05) is 0 Å². The summed E-state index contributed by atoms with van der Waals surface area (Å²) in [6.07, 6.45) is 6.62. The van der Waals surface area contributed by atoms with Crippen LogP contribution in [0.1, 0.15) is 51.9 Å². The van der Waals surface area contributed by atoms with Crippen molar-refractivity contribution in [1.82, 2.24) is 0 Å². The number of hydrogen-bond acceptors (Lipinski definition) is 2. The number of aliphatic hydroxyl groups is 1. The molecule has 0 radical (unpaired) electrons. The van der Waals surface area contributed by atoms with E-state index in [0.29, 0.717) is 12.8 Å². The van der Waals surface area contributed by atoms with E-state index in [2.05, 4.69) is 6.92 Å². The monoisotopic (exact) mass is 184 g/mol. The van der Waals surface area contributed by atoms with Crippen LogP contribution in [0.2, 0.25) is 0 Å². The Hall–Kier alpha value is -0.370. The summed E-state index contributed by atoms with van der Waals surface area (Å²) < 4.78 is 0. The first-order valence-electron chi connectivity index (χ1n) is 5.46. The highest BCUT2D eigenvalue weighted by molar-refractivity contribution is 5.83. The summed E-state index contributed by atoms with van der Waals surface area (Å²) in [7, 11) is 0. The van der Waals surface area contributed by atoms with Crippen molar-refractivity contribution in [3.05, 3.63) is 0 Å². The van der Waals surface area contributed by atoms with E-state index < -0.39 is 0 Å². The SMILES string of the molecule is CCCCCCC1C(=O)CCC1O. The van der Waals surface area contributed by atoms with Gasteiger partial charge < -0.3 is 5.11 Å². The number of unbranched alkanes of at least 4 members (excludes halogenated alkanes) is 3. The van der Waals surface area contributed by atoms with Crippen molar-refractivity contribution in [2.45, 2.75) is 58.0 Å². The molecule has 0 aliphatic heterocycles. The Balaban J connectivity index is 2.16. The summed E-state index contributed by atoms with van der Waals surface area (Å²) in [6, 6.07) is 0. The summed E-state index contributed by atoms with van der Waals surface area (Å²) in [5, 5.41) is 9.50. The highest BCUT2D eigenvalue weighted by Gasteiger charge is 2.32. The van der Waals surface area contributed by atoms with Crippen molar-refractivity contribution in [2.24, 2.45) is 5.92 Å². The minimum absolute atomic E-state index is 0.0307. The zero-order valence-corrected chi connectivity index (χ0v) is 8.46. The quantitative estimate of drug-likeness (QED) is 0.666. The smallest absolute Gasteiger partial charge is 0.138 e. The maximum atomic E-state index is 11.3. The van der Waals surface area contributed by atoms with Crippen molar-refractivity contribution in [2.75, 3.05) is 0 Å². The molecule has 1 saturated carbocycles. The third-order valence-corrected chi connectivity index (χ3v) is 2.93. The fourth-order valence-electron chi connectivity index (χ4n) is 2.04. The largest absolute Gasteiger partial charge is 0.392 e. The van der Waals surface area contributed by atoms with Crippen LogP contribution in [-0.4, -0.2) is 17.0 Å². The molecule has 0 spiro atoms. The Labute approximate surface area is 80.3 Å². The predicted octanol–water partition coefficient (Wildman–Crippen LogP) is 2.30. The van der Waals surface area contributed by atoms with Gasteiger partial charge in [0.1, 0.15) is 5.78 Å². The van der Waals surface area contributed by atoms with Gasteiger partial charge in [0, 0.05) is 12.3 Å². The van der Waals surface area contributed by atoms with Crippen LogP contribution < -0.4 is 0 Å². The van der Waals surface area contributed by atoms with Crippen molar-refractivity contribution in [3.8, 4) is 0 Å². The lowest BCUT2D eigenvalue weighted by atomic mass is 9.97. The lowest BCUT2D eigenvalue weighted by Gasteiger charge is -2.11. The lowest BCUT2D eigenvalue weighted by Crippen LogP contribution is -2.18. The summed E-state index contributed by atoms with van der Waals surface area (Å²) in [6.45, 7) is 2.18. The molecule has 0 aromatic heterocycles. The number of carbonyl (C=O) groups excluding carboxylic acids is 1. The molecule has 0 aromatic rings. The highest BCUT2D eigenvalue weighted by atomic mass is 16.3. The first kappa shape index (κ1) is 10.7. The van der Waals surface area contributed by atoms with Crippen LogP contribution in [0.15, 0.2) is 0 Å². The van der Waals surface area contributed by atoms with Gasteiger partial charge in [-0.15, -0.1) is 0 Å².